The van der Waals surface area contributed by atoms with Gasteiger partial charge in [-0.3, -0.25) is 9.69 Å². The summed E-state index contributed by atoms with van der Waals surface area (Å²) < 4.78 is 0. The standard InChI is InChI=1S/C22H41N5O2/c1-5-22(2,3)25(4)18-19-7-6-9-23-20(17-19)24-21(29)8-10-26-11-13-27(14-12-26)15-16-28/h9,17,19,28H,5-8,10-16,18H2,1-4H3,(H,24,29). The smallest absolute Gasteiger partial charge is 0.226 e. The SMILES string of the molecule is CCC(C)(C)N(C)CC1C=C(NC(=O)CCN2CCN(CCO)CC2)N=CCC1. The van der Waals surface area contributed by atoms with Crippen LogP contribution >= 0.6 is 0 Å². The average Bonchev–Trinajstić information content (AvgIpc) is 2.92. The zero-order chi connectivity index (χ0) is 21.3. The Hall–Kier alpha value is -1.28. The van der Waals surface area contributed by atoms with Gasteiger partial charge in [0.15, 0.2) is 0 Å². The minimum absolute atomic E-state index is 0.0362. The van der Waals surface area contributed by atoms with Crippen LogP contribution in [0.15, 0.2) is 16.9 Å². The van der Waals surface area contributed by atoms with Crippen molar-refractivity contribution in [2.45, 2.75) is 52.0 Å². The molecule has 2 heterocycles. The summed E-state index contributed by atoms with van der Waals surface area (Å²) in [5.41, 5.74) is 0.172. The lowest BCUT2D eigenvalue weighted by atomic mass is 9.96. The third kappa shape index (κ3) is 8.16. The summed E-state index contributed by atoms with van der Waals surface area (Å²) >= 11 is 0. The Kier molecular flexibility index (Phi) is 9.75. The maximum absolute atomic E-state index is 12.5. The van der Waals surface area contributed by atoms with Crippen LogP contribution in [0.5, 0.6) is 0 Å². The molecule has 29 heavy (non-hydrogen) atoms. The molecule has 0 radical (unpaired) electrons. The number of nitrogens with one attached hydrogen (secondary N) is 1. The van der Waals surface area contributed by atoms with E-state index < -0.39 is 0 Å². The predicted molar refractivity (Wildman–Crippen MR) is 119 cm³/mol. The van der Waals surface area contributed by atoms with Gasteiger partial charge in [0.1, 0.15) is 5.82 Å². The van der Waals surface area contributed by atoms with Crippen LogP contribution in [-0.2, 0) is 4.79 Å². The highest BCUT2D eigenvalue weighted by Crippen LogP contribution is 2.22. The lowest BCUT2D eigenvalue weighted by Crippen LogP contribution is -2.47. The van der Waals surface area contributed by atoms with Crippen LogP contribution in [-0.4, -0.2) is 96.9 Å². The fourth-order valence-electron chi connectivity index (χ4n) is 3.73. The number of rotatable bonds is 10. The first-order valence-corrected chi connectivity index (χ1v) is 11.1. The van der Waals surface area contributed by atoms with Crippen molar-refractivity contribution in [2.75, 3.05) is 59.5 Å². The van der Waals surface area contributed by atoms with E-state index in [1.54, 1.807) is 0 Å². The summed E-state index contributed by atoms with van der Waals surface area (Å²) in [6.45, 7) is 13.3. The van der Waals surface area contributed by atoms with Crippen molar-refractivity contribution in [3.63, 3.8) is 0 Å². The highest BCUT2D eigenvalue weighted by molar-refractivity contribution is 5.78. The third-order valence-corrected chi connectivity index (χ3v) is 6.50. The molecule has 0 aliphatic carbocycles. The first-order valence-electron chi connectivity index (χ1n) is 11.1. The number of piperazine rings is 1. The van der Waals surface area contributed by atoms with E-state index in [-0.39, 0.29) is 18.1 Å². The summed E-state index contributed by atoms with van der Waals surface area (Å²) in [5, 5.41) is 12.0. The number of hydrogen-bond donors (Lipinski definition) is 2. The van der Waals surface area contributed by atoms with Crippen LogP contribution in [0.4, 0.5) is 0 Å². The van der Waals surface area contributed by atoms with E-state index in [1.807, 2.05) is 6.21 Å². The summed E-state index contributed by atoms with van der Waals surface area (Å²) in [5.74, 6) is 1.13. The van der Waals surface area contributed by atoms with E-state index in [0.29, 0.717) is 18.2 Å². The predicted octanol–water partition coefficient (Wildman–Crippen LogP) is 1.55. The molecule has 1 amide bonds. The number of hydrogen-bond acceptors (Lipinski definition) is 6. The van der Waals surface area contributed by atoms with Gasteiger partial charge >= 0.3 is 0 Å². The zero-order valence-corrected chi connectivity index (χ0v) is 18.9. The van der Waals surface area contributed by atoms with Gasteiger partial charge in [-0.05, 0) is 52.2 Å². The molecule has 0 bridgehead atoms. The topological polar surface area (TPSA) is 71.4 Å². The van der Waals surface area contributed by atoms with Gasteiger partial charge in [0.25, 0.3) is 0 Å². The van der Waals surface area contributed by atoms with Crippen LogP contribution in [0.3, 0.4) is 0 Å². The Labute approximate surface area is 176 Å². The van der Waals surface area contributed by atoms with Crippen LogP contribution in [0.25, 0.3) is 0 Å². The zero-order valence-electron chi connectivity index (χ0n) is 18.9. The lowest BCUT2D eigenvalue weighted by Gasteiger charge is -2.36. The average molecular weight is 408 g/mol. The van der Waals surface area contributed by atoms with E-state index in [2.05, 4.69) is 58.9 Å². The highest BCUT2D eigenvalue weighted by atomic mass is 16.3. The maximum Gasteiger partial charge on any atom is 0.226 e. The minimum Gasteiger partial charge on any atom is -0.395 e. The summed E-state index contributed by atoms with van der Waals surface area (Å²) in [4.78, 5) is 23.9. The molecule has 1 atom stereocenters. The van der Waals surface area contributed by atoms with Gasteiger partial charge < -0.3 is 20.2 Å². The molecule has 2 rings (SSSR count). The number of β-amino-alcohol motifs (C(OH)–C–C–N with tert-alkyl or cyclic N) is 1. The van der Waals surface area contributed by atoms with Crippen molar-refractivity contribution in [1.82, 2.24) is 20.0 Å². The van der Waals surface area contributed by atoms with E-state index in [4.69, 9.17) is 5.11 Å². The van der Waals surface area contributed by atoms with Crippen molar-refractivity contribution in [1.29, 1.82) is 0 Å². The monoisotopic (exact) mass is 407 g/mol. The second kappa shape index (κ2) is 11.8. The molecule has 0 aromatic carbocycles. The number of carbonyl (C=O) groups excluding carboxylic acids is 1. The highest BCUT2D eigenvalue weighted by Gasteiger charge is 2.24. The van der Waals surface area contributed by atoms with Crippen molar-refractivity contribution < 1.29 is 9.90 Å². The molecule has 2 aliphatic heterocycles. The van der Waals surface area contributed by atoms with Crippen LogP contribution < -0.4 is 5.32 Å². The molecule has 0 saturated carbocycles. The minimum atomic E-state index is 0.0362. The van der Waals surface area contributed by atoms with Crippen LogP contribution in [0, 0.1) is 5.92 Å². The van der Waals surface area contributed by atoms with Gasteiger partial charge in [-0.1, -0.05) is 6.92 Å². The summed E-state index contributed by atoms with van der Waals surface area (Å²) in [6, 6.07) is 0. The molecule has 7 heteroatoms. The third-order valence-electron chi connectivity index (χ3n) is 6.50. The molecule has 2 N–H and O–H groups in total. The van der Waals surface area contributed by atoms with Crippen molar-refractivity contribution in [3.8, 4) is 0 Å². The number of nitrogens with zero attached hydrogens (tertiary/aromatic N) is 4. The largest absolute Gasteiger partial charge is 0.395 e. The van der Waals surface area contributed by atoms with Crippen molar-refractivity contribution >= 4 is 12.1 Å². The molecule has 2 aliphatic rings. The first kappa shape index (κ1) is 24.0. The number of amides is 1. The molecule has 0 spiro atoms. The molecular formula is C22H41N5O2. The van der Waals surface area contributed by atoms with Crippen molar-refractivity contribution in [3.05, 3.63) is 11.9 Å². The van der Waals surface area contributed by atoms with E-state index >= 15 is 0 Å². The Morgan fingerprint density at radius 1 is 1.28 bits per heavy atom. The maximum atomic E-state index is 12.5. The normalized spacial score (nSPS) is 21.9. The second-order valence-electron chi connectivity index (χ2n) is 8.95. The Morgan fingerprint density at radius 2 is 1.93 bits per heavy atom. The molecular weight excluding hydrogens is 366 g/mol. The van der Waals surface area contributed by atoms with Gasteiger partial charge in [-0.15, -0.1) is 0 Å². The van der Waals surface area contributed by atoms with Crippen LogP contribution in [0.2, 0.25) is 0 Å². The molecule has 1 unspecified atom stereocenters. The Balaban J connectivity index is 1.79. The summed E-state index contributed by atoms with van der Waals surface area (Å²) in [7, 11) is 2.18. The van der Waals surface area contributed by atoms with Gasteiger partial charge in [0.2, 0.25) is 5.91 Å². The quantitative estimate of drug-likeness (QED) is 0.575. The molecule has 7 nitrogen and oxygen atoms in total. The summed E-state index contributed by atoms with van der Waals surface area (Å²) in [6.07, 6.45) is 7.66. The van der Waals surface area contributed by atoms with E-state index in [1.165, 1.54) is 0 Å². The number of aliphatic imine (C=N–C) groups is 1. The number of aliphatic hydroxyl groups excluding tert-OH is 1. The van der Waals surface area contributed by atoms with E-state index in [9.17, 15) is 4.79 Å². The van der Waals surface area contributed by atoms with Gasteiger partial charge in [0, 0.05) is 64.0 Å². The second-order valence-corrected chi connectivity index (χ2v) is 8.95. The van der Waals surface area contributed by atoms with Gasteiger partial charge in [-0.2, -0.15) is 0 Å². The fourth-order valence-corrected chi connectivity index (χ4v) is 3.73. The van der Waals surface area contributed by atoms with Crippen LogP contribution in [0.1, 0.15) is 46.5 Å². The van der Waals surface area contributed by atoms with Gasteiger partial charge in [-0.25, -0.2) is 4.99 Å². The molecule has 1 saturated heterocycles. The number of aliphatic hydroxyl groups is 1. The number of carbonyl (C=O) groups is 1. The first-order chi connectivity index (χ1) is 13.8. The Bertz CT molecular complexity index is 568. The fraction of sp³-hybridized carbons (Fsp3) is 0.818. The molecule has 0 aromatic heterocycles. The Morgan fingerprint density at radius 3 is 2.55 bits per heavy atom. The lowest BCUT2D eigenvalue weighted by molar-refractivity contribution is -0.120. The van der Waals surface area contributed by atoms with Gasteiger partial charge in [0.05, 0.1) is 6.61 Å². The molecule has 166 valence electrons. The molecule has 1 fully saturated rings. The van der Waals surface area contributed by atoms with Crippen molar-refractivity contribution in [2.24, 2.45) is 10.9 Å². The molecule has 0 aromatic rings. The van der Waals surface area contributed by atoms with E-state index in [0.717, 1.165) is 65.1 Å².